The van der Waals surface area contributed by atoms with Gasteiger partial charge in [-0.05, 0) is 48.4 Å². The molecule has 3 aliphatic rings. The number of ether oxygens (including phenoxy) is 2. The van der Waals surface area contributed by atoms with Crippen LogP contribution < -0.4 is 9.64 Å². The Balaban J connectivity index is 1.46. The van der Waals surface area contributed by atoms with E-state index in [0.717, 1.165) is 25.2 Å². The predicted molar refractivity (Wildman–Crippen MR) is 118 cm³/mol. The molecular formula is C24H28N2O7. The molecular weight excluding hydrogens is 428 g/mol. The maximum absolute atomic E-state index is 11.4. The number of piperazine rings is 1. The highest BCUT2D eigenvalue weighted by Crippen LogP contribution is 2.40. The molecule has 0 bridgehead atoms. The first kappa shape index (κ1) is 22.1. The summed E-state index contributed by atoms with van der Waals surface area (Å²) in [6.45, 7) is 2.79. The number of likely N-dealkylation sites (N-methyl/N-ethyl adjacent to an activating group) is 1. The minimum absolute atomic E-state index is 0.182. The molecule has 0 aromatic heterocycles. The minimum atomic E-state index is -1.75. The Labute approximate surface area is 191 Å². The van der Waals surface area contributed by atoms with Gasteiger partial charge < -0.3 is 39.7 Å². The number of aliphatic hydroxyl groups excluding tert-OH is 3. The third kappa shape index (κ3) is 3.96. The number of hydrogen-bond acceptors (Lipinski definition) is 8. The number of carbonyl (C=O) groups is 1. The molecule has 3 heterocycles. The molecule has 2 aromatic rings. The Morgan fingerprint density at radius 3 is 2.61 bits per heavy atom. The van der Waals surface area contributed by atoms with Gasteiger partial charge in [0.1, 0.15) is 24.1 Å². The van der Waals surface area contributed by atoms with Crippen LogP contribution in [0.5, 0.6) is 5.75 Å². The molecule has 9 nitrogen and oxygen atoms in total. The lowest BCUT2D eigenvalue weighted by Crippen LogP contribution is -2.61. The van der Waals surface area contributed by atoms with E-state index in [2.05, 4.69) is 35.0 Å². The van der Waals surface area contributed by atoms with E-state index in [1.807, 2.05) is 18.2 Å². The van der Waals surface area contributed by atoms with Crippen molar-refractivity contribution in [2.24, 2.45) is 0 Å². The maximum atomic E-state index is 11.4. The van der Waals surface area contributed by atoms with Gasteiger partial charge in [0.2, 0.25) is 6.29 Å². The van der Waals surface area contributed by atoms with Crippen molar-refractivity contribution in [2.75, 3.05) is 31.6 Å². The van der Waals surface area contributed by atoms with Crippen molar-refractivity contribution in [3.63, 3.8) is 0 Å². The van der Waals surface area contributed by atoms with Gasteiger partial charge in [-0.2, -0.15) is 0 Å². The van der Waals surface area contributed by atoms with Crippen LogP contribution >= 0.6 is 0 Å². The molecule has 6 atom stereocenters. The first-order valence-electron chi connectivity index (χ1n) is 11.1. The van der Waals surface area contributed by atoms with Crippen LogP contribution in [0, 0.1) is 0 Å². The quantitative estimate of drug-likeness (QED) is 0.518. The number of benzene rings is 2. The van der Waals surface area contributed by atoms with Crippen LogP contribution in [0.25, 0.3) is 0 Å². The molecule has 2 aromatic carbocycles. The highest BCUT2D eigenvalue weighted by Gasteiger charge is 2.48. The van der Waals surface area contributed by atoms with Gasteiger partial charge in [0.05, 0.1) is 6.04 Å². The van der Waals surface area contributed by atoms with Gasteiger partial charge in [0.15, 0.2) is 6.10 Å². The fourth-order valence-electron chi connectivity index (χ4n) is 5.04. The zero-order chi connectivity index (χ0) is 23.3. The van der Waals surface area contributed by atoms with E-state index in [1.165, 1.54) is 16.8 Å². The Morgan fingerprint density at radius 2 is 1.82 bits per heavy atom. The molecule has 4 N–H and O–H groups in total. The first-order valence-corrected chi connectivity index (χ1v) is 11.1. The second-order valence-electron chi connectivity index (χ2n) is 8.99. The average Bonchev–Trinajstić information content (AvgIpc) is 2.93. The molecule has 3 aliphatic heterocycles. The average molecular weight is 456 g/mol. The number of anilines is 1. The van der Waals surface area contributed by atoms with Gasteiger partial charge >= 0.3 is 5.97 Å². The highest BCUT2D eigenvalue weighted by atomic mass is 16.7. The van der Waals surface area contributed by atoms with Crippen molar-refractivity contribution >= 4 is 11.7 Å². The summed E-state index contributed by atoms with van der Waals surface area (Å²) in [5, 5.41) is 39.5. The topological polar surface area (TPSA) is 123 Å². The van der Waals surface area contributed by atoms with Gasteiger partial charge in [-0.15, -0.1) is 0 Å². The van der Waals surface area contributed by atoms with Crippen LogP contribution in [0.4, 0.5) is 5.69 Å². The van der Waals surface area contributed by atoms with E-state index in [1.54, 1.807) is 6.07 Å². The van der Waals surface area contributed by atoms with Crippen LogP contribution in [-0.2, 0) is 16.0 Å². The van der Waals surface area contributed by atoms with Crippen molar-refractivity contribution in [2.45, 2.75) is 43.2 Å². The van der Waals surface area contributed by atoms with Gasteiger partial charge in [-0.25, -0.2) is 4.79 Å². The standard InChI is InChI=1S/C24H28N2O7/c1-25-8-9-26-17-5-3-2-4-13(17)10-14-11-15(6-7-16(14)18(26)12-25)32-24-21(29)19(27)20(28)22(33-24)23(30)31/h2-7,11,18-22,24,27-29H,8-10,12H2,1H3,(H,30,31)/t18-,19-,20-,21+,22-,24+/m1/s1. The van der Waals surface area contributed by atoms with Crippen molar-refractivity contribution in [1.29, 1.82) is 0 Å². The smallest absolute Gasteiger partial charge is 0.335 e. The Hall–Kier alpha value is -2.69. The monoisotopic (exact) mass is 456 g/mol. The maximum Gasteiger partial charge on any atom is 0.335 e. The molecule has 0 spiro atoms. The molecule has 0 aliphatic carbocycles. The molecule has 2 saturated heterocycles. The summed E-state index contributed by atoms with van der Waals surface area (Å²) in [6, 6.07) is 14.2. The van der Waals surface area contributed by atoms with Crippen LogP contribution in [0.15, 0.2) is 42.5 Å². The van der Waals surface area contributed by atoms with Crippen molar-refractivity contribution in [3.8, 4) is 5.75 Å². The number of carboxylic acid groups (broad SMARTS) is 1. The normalized spacial score (nSPS) is 31.7. The van der Waals surface area contributed by atoms with E-state index < -0.39 is 36.7 Å². The Bertz CT molecular complexity index is 1050. The van der Waals surface area contributed by atoms with Crippen LogP contribution in [0.2, 0.25) is 0 Å². The first-order chi connectivity index (χ1) is 15.8. The van der Waals surface area contributed by atoms with Crippen molar-refractivity contribution in [3.05, 3.63) is 59.2 Å². The summed E-state index contributed by atoms with van der Waals surface area (Å²) < 4.78 is 11.1. The van der Waals surface area contributed by atoms with Crippen LogP contribution in [0.3, 0.4) is 0 Å². The fourth-order valence-corrected chi connectivity index (χ4v) is 5.04. The summed E-state index contributed by atoms with van der Waals surface area (Å²) in [4.78, 5) is 16.1. The summed E-state index contributed by atoms with van der Waals surface area (Å²) in [5.74, 6) is -1.05. The highest BCUT2D eigenvalue weighted by molar-refractivity contribution is 5.73. The van der Waals surface area contributed by atoms with E-state index in [4.69, 9.17) is 9.47 Å². The number of aliphatic hydroxyl groups is 3. The van der Waals surface area contributed by atoms with Gasteiger partial charge in [0.25, 0.3) is 0 Å². The molecule has 0 saturated carbocycles. The summed E-state index contributed by atoms with van der Waals surface area (Å²) >= 11 is 0. The van der Waals surface area contributed by atoms with E-state index >= 15 is 0 Å². The van der Waals surface area contributed by atoms with E-state index in [0.29, 0.717) is 12.2 Å². The SMILES string of the molecule is CN1CCN2c3ccccc3Cc3cc(O[C@H]4O[C@@H](C(=O)O)[C@H](O)[C@@H](O)[C@@H]4O)ccc3[C@H]2C1. The largest absolute Gasteiger partial charge is 0.479 e. The molecule has 0 unspecified atom stereocenters. The minimum Gasteiger partial charge on any atom is -0.479 e. The van der Waals surface area contributed by atoms with Gasteiger partial charge in [-0.3, -0.25) is 0 Å². The number of carboxylic acids is 1. The molecule has 9 heteroatoms. The van der Waals surface area contributed by atoms with Crippen molar-refractivity contribution in [1.82, 2.24) is 4.90 Å². The van der Waals surface area contributed by atoms with Gasteiger partial charge in [0, 0.05) is 25.3 Å². The molecule has 0 radical (unpaired) electrons. The van der Waals surface area contributed by atoms with Gasteiger partial charge in [-0.1, -0.05) is 24.3 Å². The number of hydrogen-bond donors (Lipinski definition) is 4. The molecule has 0 amide bonds. The van der Waals surface area contributed by atoms with Crippen LogP contribution in [0.1, 0.15) is 22.7 Å². The van der Waals surface area contributed by atoms with E-state index in [9.17, 15) is 25.2 Å². The van der Waals surface area contributed by atoms with Crippen molar-refractivity contribution < 1.29 is 34.7 Å². The lowest BCUT2D eigenvalue weighted by atomic mass is 9.95. The summed E-state index contributed by atoms with van der Waals surface area (Å²) in [5.41, 5.74) is 4.70. The zero-order valence-corrected chi connectivity index (χ0v) is 18.2. The lowest BCUT2D eigenvalue weighted by molar-refractivity contribution is -0.271. The summed E-state index contributed by atoms with van der Waals surface area (Å²) in [7, 11) is 2.12. The lowest BCUT2D eigenvalue weighted by Gasteiger charge is -2.42. The number of aliphatic carboxylic acids is 1. The Morgan fingerprint density at radius 1 is 1.03 bits per heavy atom. The molecule has 2 fully saturated rings. The predicted octanol–water partition coefficient (Wildman–Crippen LogP) is 0.355. The third-order valence-corrected chi connectivity index (χ3v) is 6.80. The van der Waals surface area contributed by atoms with Crippen LogP contribution in [-0.4, -0.2) is 88.7 Å². The molecule has 5 rings (SSSR count). The molecule has 33 heavy (non-hydrogen) atoms. The third-order valence-electron chi connectivity index (χ3n) is 6.80. The molecule has 176 valence electrons. The summed E-state index contributed by atoms with van der Waals surface area (Å²) in [6.07, 6.45) is -7.49. The second kappa shape index (κ2) is 8.58. The fraction of sp³-hybridized carbons (Fsp3) is 0.458. The number of para-hydroxylation sites is 1. The zero-order valence-electron chi connectivity index (χ0n) is 18.2. The number of nitrogens with zero attached hydrogens (tertiary/aromatic N) is 2. The van der Waals surface area contributed by atoms with E-state index in [-0.39, 0.29) is 6.04 Å². The second-order valence-corrected chi connectivity index (χ2v) is 8.99. The Kier molecular flexibility index (Phi) is 5.75. The number of fused-ring (bicyclic) bond motifs is 5. The number of rotatable bonds is 3.